The van der Waals surface area contributed by atoms with Gasteiger partial charge in [-0.05, 0) is 64.7 Å². The van der Waals surface area contributed by atoms with Crippen LogP contribution in [0.2, 0.25) is 0 Å². The average molecular weight is 370 g/mol. The maximum atomic E-state index is 12.5. The second-order valence-electron chi connectivity index (χ2n) is 5.64. The lowest BCUT2D eigenvalue weighted by molar-refractivity contribution is 0.591. The first-order valence-corrected chi connectivity index (χ1v) is 9.96. The molecule has 0 amide bonds. The average Bonchev–Trinajstić information content (AvgIpc) is 3.22. The number of hydrogen-bond acceptors (Lipinski definition) is 5. The van der Waals surface area contributed by atoms with Gasteiger partial charge in [0.05, 0.1) is 4.90 Å². The summed E-state index contributed by atoms with van der Waals surface area (Å²) in [5.41, 5.74) is 4.10. The van der Waals surface area contributed by atoms with Crippen molar-refractivity contribution in [3.63, 3.8) is 0 Å². The fourth-order valence-corrected chi connectivity index (χ4v) is 4.23. The van der Waals surface area contributed by atoms with Crippen LogP contribution in [-0.4, -0.2) is 13.4 Å². The van der Waals surface area contributed by atoms with Gasteiger partial charge in [0.1, 0.15) is 5.52 Å². The van der Waals surface area contributed by atoms with Crippen molar-refractivity contribution in [2.45, 2.75) is 11.8 Å². The molecule has 2 aromatic carbocycles. The fraction of sp³-hybridized carbons (Fsp3) is 0.0556. The summed E-state index contributed by atoms with van der Waals surface area (Å²) in [6.45, 7) is 1.84. The second kappa shape index (κ2) is 6.02. The van der Waals surface area contributed by atoms with Crippen molar-refractivity contribution in [2.24, 2.45) is 0 Å². The summed E-state index contributed by atoms with van der Waals surface area (Å²) < 4.78 is 32.9. The van der Waals surface area contributed by atoms with Gasteiger partial charge in [0.2, 0.25) is 0 Å². The normalized spacial score (nSPS) is 11.7. The molecule has 0 aliphatic carbocycles. The molecule has 0 bridgehead atoms. The molecular formula is C18H14N2O3S2. The number of nitrogens with one attached hydrogen (secondary N) is 1. The van der Waals surface area contributed by atoms with E-state index in [-0.39, 0.29) is 10.9 Å². The number of aromatic nitrogens is 1. The summed E-state index contributed by atoms with van der Waals surface area (Å²) in [4.78, 5) is 4.44. The number of anilines is 1. The van der Waals surface area contributed by atoms with Crippen LogP contribution in [0.5, 0.6) is 0 Å². The number of nitrogens with zero attached hydrogens (tertiary/aromatic N) is 1. The van der Waals surface area contributed by atoms with E-state index in [1.54, 1.807) is 29.5 Å². The molecule has 7 heteroatoms. The van der Waals surface area contributed by atoms with Crippen molar-refractivity contribution in [2.75, 3.05) is 4.72 Å². The molecule has 5 nitrogen and oxygen atoms in total. The van der Waals surface area contributed by atoms with Crippen molar-refractivity contribution >= 4 is 38.5 Å². The van der Waals surface area contributed by atoms with Crippen LogP contribution >= 0.6 is 11.3 Å². The number of thiophene rings is 1. The maximum absolute atomic E-state index is 12.5. The zero-order chi connectivity index (χ0) is 17.4. The Kier molecular flexibility index (Phi) is 3.82. The molecule has 126 valence electrons. The van der Waals surface area contributed by atoms with Crippen LogP contribution in [0.3, 0.4) is 0 Å². The van der Waals surface area contributed by atoms with Crippen LogP contribution in [0, 0.1) is 6.92 Å². The summed E-state index contributed by atoms with van der Waals surface area (Å²) in [5, 5.41) is 4.05. The largest absolute Gasteiger partial charge is 0.423 e. The molecule has 1 N–H and O–H groups in total. The minimum Gasteiger partial charge on any atom is -0.423 e. The van der Waals surface area contributed by atoms with Gasteiger partial charge in [0, 0.05) is 0 Å². The number of sulfonamides is 1. The summed E-state index contributed by atoms with van der Waals surface area (Å²) >= 11 is 1.62. The minimum absolute atomic E-state index is 0.0426. The Morgan fingerprint density at radius 2 is 1.96 bits per heavy atom. The Morgan fingerprint density at radius 3 is 2.72 bits per heavy atom. The van der Waals surface area contributed by atoms with Gasteiger partial charge in [0.25, 0.3) is 10.0 Å². The first-order chi connectivity index (χ1) is 12.0. The fourth-order valence-electron chi connectivity index (χ4n) is 2.54. The van der Waals surface area contributed by atoms with Gasteiger partial charge in [-0.2, -0.15) is 16.3 Å². The zero-order valence-electron chi connectivity index (χ0n) is 13.3. The molecule has 0 aliphatic rings. The Hall–Kier alpha value is -2.64. The minimum atomic E-state index is -3.74. The van der Waals surface area contributed by atoms with Gasteiger partial charge >= 0.3 is 6.01 Å². The van der Waals surface area contributed by atoms with Gasteiger partial charge in [-0.1, -0.05) is 18.2 Å². The van der Waals surface area contributed by atoms with Crippen LogP contribution in [0.25, 0.3) is 22.2 Å². The van der Waals surface area contributed by atoms with Crippen LogP contribution < -0.4 is 4.72 Å². The van der Waals surface area contributed by atoms with E-state index in [2.05, 4.69) is 9.71 Å². The summed E-state index contributed by atoms with van der Waals surface area (Å²) in [6, 6.07) is 14.2. The number of aryl methyl sites for hydroxylation is 1. The lowest BCUT2D eigenvalue weighted by Gasteiger charge is -2.04. The Morgan fingerprint density at radius 1 is 1.08 bits per heavy atom. The second-order valence-corrected chi connectivity index (χ2v) is 8.10. The highest BCUT2D eigenvalue weighted by Gasteiger charge is 2.18. The van der Waals surface area contributed by atoms with Gasteiger partial charge in [-0.3, -0.25) is 0 Å². The number of benzene rings is 2. The molecule has 4 rings (SSSR count). The lowest BCUT2D eigenvalue weighted by atomic mass is 10.1. The monoisotopic (exact) mass is 370 g/mol. The van der Waals surface area contributed by atoms with Crippen LogP contribution in [-0.2, 0) is 10.0 Å². The van der Waals surface area contributed by atoms with Crippen LogP contribution in [0.1, 0.15) is 5.56 Å². The number of hydrogen-bond donors (Lipinski definition) is 1. The Labute approximate surface area is 149 Å². The SMILES string of the molecule is Cc1cccc(S(=O)(=O)Nc2nc3cc(-c4ccsc4)ccc3o2)c1. The molecule has 0 radical (unpaired) electrons. The highest BCUT2D eigenvalue weighted by Crippen LogP contribution is 2.28. The molecule has 0 saturated heterocycles. The standard InChI is InChI=1S/C18H14N2O3S2/c1-12-3-2-4-15(9-12)25(21,22)20-18-19-16-10-13(5-6-17(16)23-18)14-7-8-24-11-14/h2-11H,1H3,(H,19,20). The maximum Gasteiger partial charge on any atom is 0.309 e. The molecule has 2 heterocycles. The molecule has 4 aromatic rings. The summed E-state index contributed by atoms with van der Waals surface area (Å²) in [7, 11) is -3.74. The number of fused-ring (bicyclic) bond motifs is 1. The smallest absolute Gasteiger partial charge is 0.309 e. The van der Waals surface area contributed by atoms with E-state index in [1.807, 2.05) is 41.9 Å². The quantitative estimate of drug-likeness (QED) is 0.567. The van der Waals surface area contributed by atoms with E-state index in [1.165, 1.54) is 6.07 Å². The van der Waals surface area contributed by atoms with E-state index >= 15 is 0 Å². The van der Waals surface area contributed by atoms with Gasteiger partial charge in [-0.15, -0.1) is 0 Å². The highest BCUT2D eigenvalue weighted by atomic mass is 32.2. The molecule has 0 aliphatic heterocycles. The number of rotatable bonds is 4. The predicted octanol–water partition coefficient (Wildman–Crippen LogP) is 4.67. The summed E-state index contributed by atoms with van der Waals surface area (Å²) in [5.74, 6) is 0. The van der Waals surface area contributed by atoms with E-state index in [0.717, 1.165) is 16.7 Å². The van der Waals surface area contributed by atoms with E-state index in [4.69, 9.17) is 4.42 Å². The topological polar surface area (TPSA) is 72.2 Å². The highest BCUT2D eigenvalue weighted by molar-refractivity contribution is 7.92. The third-order valence-electron chi connectivity index (χ3n) is 3.76. The molecule has 0 spiro atoms. The van der Waals surface area contributed by atoms with E-state index in [0.29, 0.717) is 11.1 Å². The van der Waals surface area contributed by atoms with Gasteiger partial charge < -0.3 is 4.42 Å². The molecular weight excluding hydrogens is 356 g/mol. The van der Waals surface area contributed by atoms with Crippen molar-refractivity contribution in [1.29, 1.82) is 0 Å². The lowest BCUT2D eigenvalue weighted by Crippen LogP contribution is -2.13. The van der Waals surface area contributed by atoms with E-state index in [9.17, 15) is 8.42 Å². The van der Waals surface area contributed by atoms with Crippen molar-refractivity contribution in [3.05, 3.63) is 64.9 Å². The molecule has 0 unspecified atom stereocenters. The third kappa shape index (κ3) is 3.16. The van der Waals surface area contributed by atoms with Crippen LogP contribution in [0.15, 0.2) is 68.6 Å². The predicted molar refractivity (Wildman–Crippen MR) is 99.3 cm³/mol. The molecule has 0 atom stereocenters. The third-order valence-corrected chi connectivity index (χ3v) is 5.76. The van der Waals surface area contributed by atoms with Crippen LogP contribution in [0.4, 0.5) is 6.01 Å². The Balaban J connectivity index is 1.68. The molecule has 0 fully saturated rings. The molecule has 0 saturated carbocycles. The van der Waals surface area contributed by atoms with Crippen molar-refractivity contribution in [3.8, 4) is 11.1 Å². The molecule has 2 aromatic heterocycles. The van der Waals surface area contributed by atoms with E-state index < -0.39 is 10.0 Å². The van der Waals surface area contributed by atoms with Crippen molar-refractivity contribution < 1.29 is 12.8 Å². The van der Waals surface area contributed by atoms with Crippen molar-refractivity contribution in [1.82, 2.24) is 4.98 Å². The summed E-state index contributed by atoms with van der Waals surface area (Å²) in [6.07, 6.45) is 0. The van der Waals surface area contributed by atoms with Gasteiger partial charge in [-0.25, -0.2) is 13.1 Å². The Bertz CT molecular complexity index is 1150. The zero-order valence-corrected chi connectivity index (χ0v) is 14.9. The van der Waals surface area contributed by atoms with Gasteiger partial charge in [0.15, 0.2) is 5.58 Å². The molecule has 25 heavy (non-hydrogen) atoms. The number of oxazole rings is 1. The first-order valence-electron chi connectivity index (χ1n) is 7.54. The first kappa shape index (κ1) is 15.9.